The topological polar surface area (TPSA) is 12.5 Å². The molecule has 4 aliphatic rings. The first-order valence-corrected chi connectivity index (χ1v) is 5.65. The van der Waals surface area contributed by atoms with Crippen molar-refractivity contribution in [1.82, 2.24) is 4.90 Å². The molecule has 4 fully saturated rings. The van der Waals surface area contributed by atoms with Crippen LogP contribution in [0.2, 0.25) is 0 Å². The molecule has 0 radical (unpaired) electrons. The molecule has 13 heavy (non-hydrogen) atoms. The average molecular weight is 181 g/mol. The second kappa shape index (κ2) is 2.71. The van der Waals surface area contributed by atoms with E-state index in [-0.39, 0.29) is 5.60 Å². The lowest BCUT2D eigenvalue weighted by Gasteiger charge is -2.51. The Morgan fingerprint density at radius 2 is 2.08 bits per heavy atom. The Bertz CT molecular complexity index is 210. The summed E-state index contributed by atoms with van der Waals surface area (Å²) in [5, 5.41) is 0. The first-order chi connectivity index (χ1) is 6.28. The lowest BCUT2D eigenvalue weighted by atomic mass is 9.73. The van der Waals surface area contributed by atoms with Crippen LogP contribution in [-0.2, 0) is 4.74 Å². The fourth-order valence-corrected chi connectivity index (χ4v) is 3.54. The maximum Gasteiger partial charge on any atom is 0.0841 e. The first-order valence-electron chi connectivity index (χ1n) is 5.65. The van der Waals surface area contributed by atoms with Crippen LogP contribution in [0.5, 0.6) is 0 Å². The highest BCUT2D eigenvalue weighted by atomic mass is 16.5. The fraction of sp³-hybridized carbons (Fsp3) is 1.00. The van der Waals surface area contributed by atoms with Crippen LogP contribution in [0.25, 0.3) is 0 Å². The van der Waals surface area contributed by atoms with Crippen molar-refractivity contribution in [1.29, 1.82) is 0 Å². The summed E-state index contributed by atoms with van der Waals surface area (Å²) >= 11 is 0. The van der Waals surface area contributed by atoms with Gasteiger partial charge in [-0.25, -0.2) is 0 Å². The number of rotatable bonds is 0. The zero-order valence-corrected chi connectivity index (χ0v) is 8.46. The van der Waals surface area contributed by atoms with Crippen LogP contribution in [0.15, 0.2) is 0 Å². The second-order valence-electron chi connectivity index (χ2n) is 5.24. The van der Waals surface area contributed by atoms with Crippen LogP contribution in [0.3, 0.4) is 0 Å². The predicted octanol–water partition coefficient (Wildman–Crippen LogP) is 1.51. The molecular weight excluding hydrogens is 162 g/mol. The molecule has 4 saturated heterocycles. The Kier molecular flexibility index (Phi) is 1.72. The fourth-order valence-electron chi connectivity index (χ4n) is 3.54. The lowest BCUT2D eigenvalue weighted by molar-refractivity contribution is -0.122. The van der Waals surface area contributed by atoms with E-state index >= 15 is 0 Å². The second-order valence-corrected chi connectivity index (χ2v) is 5.24. The van der Waals surface area contributed by atoms with E-state index in [1.165, 1.54) is 38.9 Å². The average Bonchev–Trinajstić information content (AvgIpc) is 2.49. The Labute approximate surface area is 80.2 Å². The van der Waals surface area contributed by atoms with Gasteiger partial charge in [0.15, 0.2) is 0 Å². The third-order valence-electron chi connectivity index (χ3n) is 4.17. The van der Waals surface area contributed by atoms with Crippen LogP contribution in [0, 0.1) is 11.8 Å². The molecule has 74 valence electrons. The molecule has 4 heterocycles. The molecule has 0 N–H and O–H groups in total. The number of ether oxygens (including phenoxy) is 1. The minimum absolute atomic E-state index is 0.288. The van der Waals surface area contributed by atoms with Gasteiger partial charge in [0.1, 0.15) is 0 Å². The molecule has 0 amide bonds. The van der Waals surface area contributed by atoms with Gasteiger partial charge in [0.05, 0.1) is 12.2 Å². The Hall–Kier alpha value is -0.0800. The van der Waals surface area contributed by atoms with E-state index in [4.69, 9.17) is 4.74 Å². The van der Waals surface area contributed by atoms with E-state index < -0.39 is 0 Å². The van der Waals surface area contributed by atoms with Crippen molar-refractivity contribution in [2.75, 3.05) is 26.2 Å². The number of piperidine rings is 3. The molecule has 1 unspecified atom stereocenters. The number of nitrogens with zero attached hydrogens (tertiary/aromatic N) is 1. The largest absolute Gasteiger partial charge is 0.373 e. The molecule has 0 aromatic carbocycles. The molecule has 2 heteroatoms. The summed E-state index contributed by atoms with van der Waals surface area (Å²) < 4.78 is 6.09. The minimum Gasteiger partial charge on any atom is -0.373 e. The summed E-state index contributed by atoms with van der Waals surface area (Å²) in [6.45, 7) is 7.20. The molecule has 4 aliphatic heterocycles. The van der Waals surface area contributed by atoms with Crippen LogP contribution < -0.4 is 0 Å². The van der Waals surface area contributed by atoms with Crippen molar-refractivity contribution in [2.24, 2.45) is 11.8 Å². The third kappa shape index (κ3) is 1.15. The van der Waals surface area contributed by atoms with E-state index in [1.54, 1.807) is 0 Å². The van der Waals surface area contributed by atoms with Crippen molar-refractivity contribution in [3.63, 3.8) is 0 Å². The Balaban J connectivity index is 1.83. The molecule has 2 atom stereocenters. The van der Waals surface area contributed by atoms with Gasteiger partial charge in [0, 0.05) is 6.54 Å². The van der Waals surface area contributed by atoms with Gasteiger partial charge < -0.3 is 9.64 Å². The summed E-state index contributed by atoms with van der Waals surface area (Å²) in [7, 11) is 0. The van der Waals surface area contributed by atoms with Gasteiger partial charge in [-0.1, -0.05) is 6.92 Å². The van der Waals surface area contributed by atoms with E-state index in [0.717, 1.165) is 18.4 Å². The highest BCUT2D eigenvalue weighted by molar-refractivity contribution is 5.02. The van der Waals surface area contributed by atoms with E-state index in [2.05, 4.69) is 11.8 Å². The van der Waals surface area contributed by atoms with Gasteiger partial charge in [-0.2, -0.15) is 0 Å². The van der Waals surface area contributed by atoms with Gasteiger partial charge in [-0.05, 0) is 44.2 Å². The molecule has 0 saturated carbocycles. The zero-order valence-electron chi connectivity index (χ0n) is 8.46. The van der Waals surface area contributed by atoms with Crippen molar-refractivity contribution >= 4 is 0 Å². The van der Waals surface area contributed by atoms with Gasteiger partial charge >= 0.3 is 0 Å². The van der Waals surface area contributed by atoms with Crippen molar-refractivity contribution in [3.8, 4) is 0 Å². The SMILES string of the molecule is C[C@H]1COC2(C1)CN1CCC2CC1. The zero-order chi connectivity index (χ0) is 8.89. The molecule has 2 bridgehead atoms. The summed E-state index contributed by atoms with van der Waals surface area (Å²) in [5.74, 6) is 1.67. The normalized spacial score (nSPS) is 54.7. The molecule has 0 aromatic rings. The molecule has 4 rings (SSSR count). The van der Waals surface area contributed by atoms with E-state index in [1.807, 2.05) is 0 Å². The lowest BCUT2D eigenvalue weighted by Crippen LogP contribution is -2.58. The smallest absolute Gasteiger partial charge is 0.0841 e. The Morgan fingerprint density at radius 3 is 2.54 bits per heavy atom. The van der Waals surface area contributed by atoms with Crippen LogP contribution >= 0.6 is 0 Å². The summed E-state index contributed by atoms with van der Waals surface area (Å²) in [4.78, 5) is 2.60. The highest BCUT2D eigenvalue weighted by Gasteiger charge is 2.50. The molecular formula is C11H19NO. The minimum atomic E-state index is 0.288. The van der Waals surface area contributed by atoms with Crippen molar-refractivity contribution in [2.45, 2.75) is 31.8 Å². The third-order valence-corrected chi connectivity index (χ3v) is 4.17. The van der Waals surface area contributed by atoms with Gasteiger partial charge in [-0.3, -0.25) is 0 Å². The predicted molar refractivity (Wildman–Crippen MR) is 51.6 cm³/mol. The highest BCUT2D eigenvalue weighted by Crippen LogP contribution is 2.45. The first kappa shape index (κ1) is 8.25. The van der Waals surface area contributed by atoms with Gasteiger partial charge in [-0.15, -0.1) is 0 Å². The van der Waals surface area contributed by atoms with Crippen molar-refractivity contribution < 1.29 is 4.74 Å². The monoisotopic (exact) mass is 181 g/mol. The number of hydrogen-bond acceptors (Lipinski definition) is 2. The van der Waals surface area contributed by atoms with Crippen LogP contribution in [-0.4, -0.2) is 36.7 Å². The van der Waals surface area contributed by atoms with Gasteiger partial charge in [0.2, 0.25) is 0 Å². The summed E-state index contributed by atoms with van der Waals surface area (Å²) in [6, 6.07) is 0. The molecule has 2 nitrogen and oxygen atoms in total. The summed E-state index contributed by atoms with van der Waals surface area (Å²) in [6.07, 6.45) is 4.08. The number of hydrogen-bond donors (Lipinski definition) is 0. The maximum absolute atomic E-state index is 6.09. The molecule has 1 spiro atoms. The maximum atomic E-state index is 6.09. The number of fused-ring (bicyclic) bond motifs is 2. The van der Waals surface area contributed by atoms with E-state index in [0.29, 0.717) is 0 Å². The Morgan fingerprint density at radius 1 is 1.31 bits per heavy atom. The molecule has 0 aromatic heterocycles. The quantitative estimate of drug-likeness (QED) is 0.561. The molecule has 0 aliphatic carbocycles. The van der Waals surface area contributed by atoms with E-state index in [9.17, 15) is 0 Å². The summed E-state index contributed by atoms with van der Waals surface area (Å²) in [5.41, 5.74) is 0.288. The van der Waals surface area contributed by atoms with Gasteiger partial charge in [0.25, 0.3) is 0 Å². The van der Waals surface area contributed by atoms with Crippen LogP contribution in [0.4, 0.5) is 0 Å². The van der Waals surface area contributed by atoms with Crippen LogP contribution in [0.1, 0.15) is 26.2 Å². The van der Waals surface area contributed by atoms with Crippen molar-refractivity contribution in [3.05, 3.63) is 0 Å². The standard InChI is InChI=1S/C11H19NO/c1-9-6-11(13-7-9)8-12-4-2-10(11)3-5-12/h9-10H,2-8H2,1H3/t9-,11?/m1/s1.